The Labute approximate surface area is 208 Å². The first-order valence-corrected chi connectivity index (χ1v) is 12.7. The fourth-order valence-electron chi connectivity index (χ4n) is 6.91. The summed E-state index contributed by atoms with van der Waals surface area (Å²) in [7, 11) is 0. The lowest BCUT2D eigenvalue weighted by Gasteiger charge is -2.37. The molecule has 36 heavy (non-hydrogen) atoms. The first kappa shape index (κ1) is 21.5. The topological polar surface area (TPSA) is 84.0 Å². The molecule has 0 aromatic heterocycles. The number of carbonyl (C=O) groups is 4. The molecule has 2 aromatic carbocycles. The third kappa shape index (κ3) is 3.11. The fraction of sp³-hybridized carbons (Fsp3) is 0.379. The van der Waals surface area contributed by atoms with Gasteiger partial charge >= 0.3 is 5.97 Å². The number of imide groups is 1. The molecular formula is C29H26N2O5. The third-order valence-electron chi connectivity index (χ3n) is 8.78. The molecule has 7 heteroatoms. The summed E-state index contributed by atoms with van der Waals surface area (Å²) < 4.78 is 5.56. The summed E-state index contributed by atoms with van der Waals surface area (Å²) in [6, 6.07) is 14.1. The quantitative estimate of drug-likeness (QED) is 0.288. The number of rotatable bonds is 4. The highest BCUT2D eigenvalue weighted by Gasteiger charge is 2.67. The summed E-state index contributed by atoms with van der Waals surface area (Å²) in [5.74, 6) is -0.0387. The van der Waals surface area contributed by atoms with E-state index in [1.807, 2.05) is 31.2 Å². The average molecular weight is 483 g/mol. The SMILES string of the molecule is Cc1ccc(N2C[C@H](C(=O)Oc3ccc(N4C(=O)[C@H]5[C@@H]6C=C[C@H]([C@H]7C[C@H]67)[C@@H]5C4=O)cc3)CC2=O)cc1. The van der Waals surface area contributed by atoms with Gasteiger partial charge in [0.25, 0.3) is 0 Å². The van der Waals surface area contributed by atoms with Crippen LogP contribution in [0.5, 0.6) is 5.75 Å². The molecule has 2 aromatic rings. The van der Waals surface area contributed by atoms with Crippen LogP contribution in [0.1, 0.15) is 18.4 Å². The Morgan fingerprint density at radius 1 is 0.833 bits per heavy atom. The third-order valence-corrected chi connectivity index (χ3v) is 8.78. The predicted octanol–water partition coefficient (Wildman–Crippen LogP) is 3.51. The smallest absolute Gasteiger partial charge is 0.316 e. The molecule has 2 heterocycles. The van der Waals surface area contributed by atoms with Crippen molar-refractivity contribution in [3.8, 4) is 5.75 Å². The maximum absolute atomic E-state index is 13.3. The van der Waals surface area contributed by atoms with E-state index >= 15 is 0 Å². The van der Waals surface area contributed by atoms with Crippen molar-refractivity contribution >= 4 is 35.1 Å². The zero-order chi connectivity index (χ0) is 24.7. The van der Waals surface area contributed by atoms with Crippen molar-refractivity contribution in [3.63, 3.8) is 0 Å². The van der Waals surface area contributed by atoms with Crippen LogP contribution >= 0.6 is 0 Å². The monoisotopic (exact) mass is 482 g/mol. The normalized spacial score (nSPS) is 33.7. The minimum atomic E-state index is -0.558. The Morgan fingerprint density at radius 2 is 1.42 bits per heavy atom. The molecule has 182 valence electrons. The van der Waals surface area contributed by atoms with Crippen molar-refractivity contribution in [1.29, 1.82) is 0 Å². The number of amides is 3. The Balaban J connectivity index is 1.03. The first-order valence-electron chi connectivity index (χ1n) is 12.7. The van der Waals surface area contributed by atoms with E-state index < -0.39 is 11.9 Å². The number of aryl methyl sites for hydroxylation is 1. The van der Waals surface area contributed by atoms with Crippen LogP contribution in [0.25, 0.3) is 0 Å². The Morgan fingerprint density at radius 3 is 2.03 bits per heavy atom. The molecule has 0 radical (unpaired) electrons. The van der Waals surface area contributed by atoms with Gasteiger partial charge in [-0.3, -0.25) is 24.1 Å². The van der Waals surface area contributed by atoms with E-state index in [0.29, 0.717) is 23.3 Å². The van der Waals surface area contributed by atoms with Crippen LogP contribution in [0.15, 0.2) is 60.7 Å². The average Bonchev–Trinajstić information content (AvgIpc) is 3.56. The van der Waals surface area contributed by atoms with Gasteiger partial charge in [-0.05, 0) is 73.4 Å². The number of ether oxygens (including phenoxy) is 1. The molecular weight excluding hydrogens is 456 g/mol. The van der Waals surface area contributed by atoms with Gasteiger partial charge in [0.2, 0.25) is 17.7 Å². The summed E-state index contributed by atoms with van der Waals surface area (Å²) in [6.07, 6.45) is 5.55. The van der Waals surface area contributed by atoms with Crippen molar-refractivity contribution < 1.29 is 23.9 Å². The molecule has 2 saturated carbocycles. The minimum absolute atomic E-state index is 0.0999. The zero-order valence-corrected chi connectivity index (χ0v) is 19.9. The molecule has 0 N–H and O–H groups in total. The first-order chi connectivity index (χ1) is 17.4. The van der Waals surface area contributed by atoms with Gasteiger partial charge in [-0.25, -0.2) is 0 Å². The zero-order valence-electron chi connectivity index (χ0n) is 19.9. The van der Waals surface area contributed by atoms with Gasteiger partial charge in [-0.1, -0.05) is 29.8 Å². The molecule has 0 unspecified atom stereocenters. The van der Waals surface area contributed by atoms with Crippen molar-refractivity contribution in [2.75, 3.05) is 16.3 Å². The molecule has 2 saturated heterocycles. The van der Waals surface area contributed by atoms with Gasteiger partial charge in [-0.15, -0.1) is 0 Å². The van der Waals surface area contributed by atoms with Crippen molar-refractivity contribution in [1.82, 2.24) is 0 Å². The Kier molecular flexibility index (Phi) is 4.56. The van der Waals surface area contributed by atoms with Crippen LogP contribution in [0, 0.1) is 48.3 Å². The molecule has 7 nitrogen and oxygen atoms in total. The summed E-state index contributed by atoms with van der Waals surface area (Å²) in [5.41, 5.74) is 2.38. The lowest BCUT2D eigenvalue weighted by molar-refractivity contribution is -0.139. The predicted molar refractivity (Wildman–Crippen MR) is 131 cm³/mol. The molecule has 7 atom stereocenters. The number of nitrogens with zero attached hydrogens (tertiary/aromatic N) is 2. The van der Waals surface area contributed by atoms with Crippen LogP contribution in [0.2, 0.25) is 0 Å². The van der Waals surface area contributed by atoms with Gasteiger partial charge < -0.3 is 9.64 Å². The van der Waals surface area contributed by atoms with Crippen LogP contribution in [-0.2, 0) is 19.2 Å². The summed E-state index contributed by atoms with van der Waals surface area (Å²) >= 11 is 0. The molecule has 4 aliphatic carbocycles. The second kappa shape index (κ2) is 7.63. The molecule has 3 amide bonds. The molecule has 4 fully saturated rings. The largest absolute Gasteiger partial charge is 0.426 e. The van der Waals surface area contributed by atoms with Crippen molar-refractivity contribution in [2.45, 2.75) is 19.8 Å². The highest BCUT2D eigenvalue weighted by atomic mass is 16.5. The van der Waals surface area contributed by atoms with E-state index in [9.17, 15) is 19.2 Å². The maximum Gasteiger partial charge on any atom is 0.316 e. The number of hydrogen-bond donors (Lipinski definition) is 0. The van der Waals surface area contributed by atoms with E-state index in [4.69, 9.17) is 4.74 Å². The van der Waals surface area contributed by atoms with Gasteiger partial charge in [-0.2, -0.15) is 0 Å². The van der Waals surface area contributed by atoms with Gasteiger partial charge in [0, 0.05) is 18.7 Å². The second-order valence-corrected chi connectivity index (χ2v) is 10.8. The highest BCUT2D eigenvalue weighted by molar-refractivity contribution is 6.22. The van der Waals surface area contributed by atoms with Crippen molar-refractivity contribution in [2.24, 2.45) is 41.4 Å². The second-order valence-electron chi connectivity index (χ2n) is 10.8. The van der Waals surface area contributed by atoms with Gasteiger partial charge in [0.15, 0.2) is 0 Å². The molecule has 2 aliphatic heterocycles. The number of esters is 1. The number of anilines is 2. The lowest BCUT2D eigenvalue weighted by atomic mass is 9.63. The van der Waals surface area contributed by atoms with Gasteiger partial charge in [0.1, 0.15) is 5.75 Å². The maximum atomic E-state index is 13.3. The minimum Gasteiger partial charge on any atom is -0.426 e. The summed E-state index contributed by atoms with van der Waals surface area (Å²) in [4.78, 5) is 54.8. The number of carbonyl (C=O) groups excluding carboxylic acids is 4. The molecule has 8 rings (SSSR count). The fourth-order valence-corrected chi connectivity index (χ4v) is 6.91. The van der Waals surface area contributed by atoms with Crippen LogP contribution in [0.3, 0.4) is 0 Å². The van der Waals surface area contributed by atoms with Crippen LogP contribution in [0.4, 0.5) is 11.4 Å². The Hall–Kier alpha value is -3.74. The standard InChI is InChI=1S/C29H26N2O5/c1-15-2-4-17(5-3-15)30-14-16(12-24(30)32)29(35)36-19-8-6-18(7-9-19)31-27(33)25-20-10-11-21(23-13-22(20)23)26(25)28(31)34/h2-11,16,20-23,25-26H,12-14H2,1H3/t16-,20-,21-,22-,23-,25+,26+/m1/s1. The molecule has 0 spiro atoms. The number of hydrogen-bond acceptors (Lipinski definition) is 5. The summed E-state index contributed by atoms with van der Waals surface area (Å²) in [6.45, 7) is 2.25. The van der Waals surface area contributed by atoms with Crippen LogP contribution < -0.4 is 14.5 Å². The van der Waals surface area contributed by atoms with Crippen molar-refractivity contribution in [3.05, 3.63) is 66.2 Å². The molecule has 6 aliphatic rings. The highest BCUT2D eigenvalue weighted by Crippen LogP contribution is 2.65. The Bertz CT molecular complexity index is 1290. The van der Waals surface area contributed by atoms with Crippen LogP contribution in [-0.4, -0.2) is 30.2 Å². The summed E-state index contributed by atoms with van der Waals surface area (Å²) in [5, 5.41) is 0. The van der Waals surface area contributed by atoms with E-state index in [0.717, 1.165) is 17.7 Å². The van der Waals surface area contributed by atoms with E-state index in [1.165, 1.54) is 4.90 Å². The number of allylic oxidation sites excluding steroid dienone is 2. The van der Waals surface area contributed by atoms with E-state index in [-0.39, 0.29) is 54.4 Å². The molecule has 2 bridgehead atoms. The van der Waals surface area contributed by atoms with E-state index in [2.05, 4.69) is 12.2 Å². The lowest BCUT2D eigenvalue weighted by Crippen LogP contribution is -2.40. The van der Waals surface area contributed by atoms with E-state index in [1.54, 1.807) is 29.2 Å². The van der Waals surface area contributed by atoms with Gasteiger partial charge in [0.05, 0.1) is 23.4 Å². The number of benzene rings is 2.